The lowest BCUT2D eigenvalue weighted by atomic mass is 10.1. The van der Waals surface area contributed by atoms with E-state index in [0.717, 1.165) is 0 Å². The Morgan fingerprint density at radius 2 is 0.697 bits per heavy atom. The Morgan fingerprint density at radius 1 is 0.424 bits per heavy atom. The zero-order chi connectivity index (χ0) is 23.7. The molecule has 0 saturated carbocycles. The van der Waals surface area contributed by atoms with Crippen molar-refractivity contribution in [2.45, 2.75) is 164 Å². The molecule has 5 heteroatoms. The Balaban J connectivity index is 1.84. The van der Waals surface area contributed by atoms with E-state index in [9.17, 15) is 0 Å². The molecule has 1 aromatic heterocycles. The topological polar surface area (TPSA) is 25.8 Å². The first kappa shape index (κ1) is 31.3. The van der Waals surface area contributed by atoms with Crippen LogP contribution in [0.25, 0.3) is 0 Å². The molecule has 1 heterocycles. The lowest BCUT2D eigenvalue weighted by Crippen LogP contribution is -1.84. The summed E-state index contributed by atoms with van der Waals surface area (Å²) in [6, 6.07) is 0. The van der Waals surface area contributed by atoms with E-state index in [1.165, 1.54) is 161 Å². The van der Waals surface area contributed by atoms with E-state index in [4.69, 9.17) is 0 Å². The number of hydrogen-bond donors (Lipinski definition) is 0. The highest BCUT2D eigenvalue weighted by molar-refractivity contribution is 8.03. The minimum Gasteiger partial charge on any atom is -0.131 e. The summed E-state index contributed by atoms with van der Waals surface area (Å²) < 4.78 is 2.34. The highest BCUT2D eigenvalue weighted by atomic mass is 32.2. The van der Waals surface area contributed by atoms with Crippen LogP contribution in [0.1, 0.15) is 155 Å². The Hall–Kier alpha value is 0.260. The van der Waals surface area contributed by atoms with Crippen molar-refractivity contribution in [2.75, 3.05) is 11.5 Å². The van der Waals surface area contributed by atoms with Crippen LogP contribution in [0, 0.1) is 0 Å². The van der Waals surface area contributed by atoms with Gasteiger partial charge < -0.3 is 0 Å². The highest BCUT2D eigenvalue weighted by Gasteiger charge is 2.05. The predicted octanol–water partition coefficient (Wildman–Crippen LogP) is 11.3. The van der Waals surface area contributed by atoms with E-state index < -0.39 is 0 Å². The fourth-order valence-electron chi connectivity index (χ4n) is 4.17. The van der Waals surface area contributed by atoms with Crippen molar-refractivity contribution in [3.8, 4) is 0 Å². The molecule has 0 aliphatic rings. The SMILES string of the molecule is CCCCCCCCCCCCCSc1nnc(SCCCCCCCCCCCCC)s1. The number of thioether (sulfide) groups is 2. The van der Waals surface area contributed by atoms with Crippen LogP contribution in [0.5, 0.6) is 0 Å². The van der Waals surface area contributed by atoms with Crippen molar-refractivity contribution in [2.24, 2.45) is 0 Å². The van der Waals surface area contributed by atoms with Gasteiger partial charge in [-0.25, -0.2) is 0 Å². The van der Waals surface area contributed by atoms with Gasteiger partial charge in [0.1, 0.15) is 0 Å². The summed E-state index contributed by atoms with van der Waals surface area (Å²) in [5.74, 6) is 2.41. The quantitative estimate of drug-likeness (QED) is 0.0906. The van der Waals surface area contributed by atoms with Gasteiger partial charge in [-0.1, -0.05) is 177 Å². The van der Waals surface area contributed by atoms with Gasteiger partial charge in [0.25, 0.3) is 0 Å². The highest BCUT2D eigenvalue weighted by Crippen LogP contribution is 2.30. The Kier molecular flexibility index (Phi) is 24.0. The molecule has 0 aliphatic heterocycles. The van der Waals surface area contributed by atoms with Gasteiger partial charge in [0.2, 0.25) is 0 Å². The number of rotatable bonds is 26. The van der Waals surface area contributed by atoms with Crippen LogP contribution < -0.4 is 0 Å². The molecule has 0 fully saturated rings. The molecule has 0 atom stereocenters. The lowest BCUT2D eigenvalue weighted by molar-refractivity contribution is 0.555. The lowest BCUT2D eigenvalue weighted by Gasteiger charge is -2.02. The summed E-state index contributed by atoms with van der Waals surface area (Å²) in [4.78, 5) is 0. The van der Waals surface area contributed by atoms with Crippen LogP contribution in [-0.4, -0.2) is 21.7 Å². The van der Waals surface area contributed by atoms with Gasteiger partial charge in [-0.3, -0.25) is 0 Å². The van der Waals surface area contributed by atoms with Crippen LogP contribution in [0.4, 0.5) is 0 Å². The second kappa shape index (κ2) is 25.4. The second-order valence-corrected chi connectivity index (χ2v) is 13.3. The van der Waals surface area contributed by atoms with Crippen LogP contribution in [0.3, 0.4) is 0 Å². The molecule has 0 radical (unpaired) electrons. The maximum Gasteiger partial charge on any atom is 0.175 e. The molecule has 2 nitrogen and oxygen atoms in total. The molecule has 0 unspecified atom stereocenters. The third kappa shape index (κ3) is 21.3. The fraction of sp³-hybridized carbons (Fsp3) is 0.929. The smallest absolute Gasteiger partial charge is 0.131 e. The maximum absolute atomic E-state index is 4.39. The minimum atomic E-state index is 1.17. The molecule has 0 N–H and O–H groups in total. The number of hydrogen-bond acceptors (Lipinski definition) is 5. The average molecular weight is 515 g/mol. The van der Waals surface area contributed by atoms with E-state index in [2.05, 4.69) is 24.0 Å². The zero-order valence-corrected chi connectivity index (χ0v) is 24.5. The summed E-state index contributed by atoms with van der Waals surface area (Å²) in [5, 5.41) is 8.78. The van der Waals surface area contributed by atoms with E-state index >= 15 is 0 Å². The fourth-order valence-corrected chi connectivity index (χ4v) is 7.32. The Labute approximate surface area is 219 Å². The van der Waals surface area contributed by atoms with Gasteiger partial charge >= 0.3 is 0 Å². The van der Waals surface area contributed by atoms with Gasteiger partial charge in [-0.05, 0) is 12.8 Å². The van der Waals surface area contributed by atoms with Gasteiger partial charge in [0.05, 0.1) is 0 Å². The van der Waals surface area contributed by atoms with Gasteiger partial charge in [0.15, 0.2) is 8.68 Å². The largest absolute Gasteiger partial charge is 0.175 e. The number of aromatic nitrogens is 2. The van der Waals surface area contributed by atoms with Crippen LogP contribution in [-0.2, 0) is 0 Å². The van der Waals surface area contributed by atoms with Crippen molar-refractivity contribution < 1.29 is 0 Å². The van der Waals surface area contributed by atoms with Gasteiger partial charge in [0, 0.05) is 11.5 Å². The molecule has 1 rings (SSSR count). The van der Waals surface area contributed by atoms with Crippen LogP contribution in [0.15, 0.2) is 8.68 Å². The molecule has 0 aromatic carbocycles. The summed E-state index contributed by atoms with van der Waals surface area (Å²) in [6.07, 6.45) is 31.1. The van der Waals surface area contributed by atoms with Crippen molar-refractivity contribution in [1.29, 1.82) is 0 Å². The average Bonchev–Trinajstić information content (AvgIpc) is 3.28. The molecule has 33 heavy (non-hydrogen) atoms. The van der Waals surface area contributed by atoms with Gasteiger partial charge in [-0.2, -0.15) is 0 Å². The summed E-state index contributed by atoms with van der Waals surface area (Å²) in [5.41, 5.74) is 0. The first-order chi connectivity index (χ1) is 16.4. The van der Waals surface area contributed by atoms with E-state index in [1.807, 2.05) is 23.5 Å². The Morgan fingerprint density at radius 3 is 1.00 bits per heavy atom. The second-order valence-electron chi connectivity index (χ2n) is 9.60. The van der Waals surface area contributed by atoms with E-state index in [-0.39, 0.29) is 0 Å². The third-order valence-corrected chi connectivity index (χ3v) is 9.70. The first-order valence-corrected chi connectivity index (χ1v) is 17.2. The normalized spacial score (nSPS) is 11.5. The third-order valence-electron chi connectivity index (χ3n) is 6.33. The zero-order valence-electron chi connectivity index (χ0n) is 22.1. The minimum absolute atomic E-state index is 1.17. The summed E-state index contributed by atoms with van der Waals surface area (Å²) in [6.45, 7) is 4.59. The Bertz CT molecular complexity index is 465. The van der Waals surface area contributed by atoms with Crippen molar-refractivity contribution in [3.05, 3.63) is 0 Å². The van der Waals surface area contributed by atoms with Crippen molar-refractivity contribution in [3.63, 3.8) is 0 Å². The first-order valence-electron chi connectivity index (χ1n) is 14.5. The van der Waals surface area contributed by atoms with Crippen LogP contribution >= 0.6 is 34.9 Å². The molecule has 0 amide bonds. The maximum atomic E-state index is 4.39. The molecule has 194 valence electrons. The summed E-state index contributed by atoms with van der Waals surface area (Å²) >= 11 is 5.63. The molecular formula is C28H54N2S3. The van der Waals surface area contributed by atoms with E-state index in [0.29, 0.717) is 0 Å². The van der Waals surface area contributed by atoms with Crippen molar-refractivity contribution in [1.82, 2.24) is 10.2 Å². The number of nitrogens with zero attached hydrogens (tertiary/aromatic N) is 2. The molecule has 0 spiro atoms. The monoisotopic (exact) mass is 514 g/mol. The molecular weight excluding hydrogens is 461 g/mol. The van der Waals surface area contributed by atoms with Gasteiger partial charge in [-0.15, -0.1) is 10.2 Å². The predicted molar refractivity (Wildman–Crippen MR) is 154 cm³/mol. The number of unbranched alkanes of at least 4 members (excludes halogenated alkanes) is 20. The standard InChI is InChI=1S/C28H54N2S3/c1-3-5-7-9-11-13-15-17-19-21-23-25-31-27-29-30-28(33-27)32-26-24-22-20-18-16-14-12-10-8-6-4-2/h3-26H2,1-2H3. The molecule has 0 bridgehead atoms. The molecule has 1 aromatic rings. The molecule has 0 saturated heterocycles. The van der Waals surface area contributed by atoms with E-state index in [1.54, 1.807) is 11.3 Å². The summed E-state index contributed by atoms with van der Waals surface area (Å²) in [7, 11) is 0. The van der Waals surface area contributed by atoms with Crippen molar-refractivity contribution >= 4 is 34.9 Å². The molecule has 0 aliphatic carbocycles. The van der Waals surface area contributed by atoms with Crippen LogP contribution in [0.2, 0.25) is 0 Å².